The fraction of sp³-hybridized carbons (Fsp3) is 0.111. The van der Waals surface area contributed by atoms with Crippen LogP contribution in [0, 0.1) is 6.92 Å². The summed E-state index contributed by atoms with van der Waals surface area (Å²) in [6.45, 7) is 5.88. The fourth-order valence-electron chi connectivity index (χ4n) is 2.68. The van der Waals surface area contributed by atoms with Crippen LogP contribution in [0.5, 0.6) is 0 Å². The number of hydrogen-bond donors (Lipinski definition) is 0. The highest BCUT2D eigenvalue weighted by molar-refractivity contribution is 6.08. The van der Waals surface area contributed by atoms with Crippen molar-refractivity contribution in [2.75, 3.05) is 0 Å². The van der Waals surface area contributed by atoms with Crippen molar-refractivity contribution in [1.82, 2.24) is 4.57 Å². The second-order valence-electron chi connectivity index (χ2n) is 4.90. The summed E-state index contributed by atoms with van der Waals surface area (Å²) in [5.74, 6) is 0. The van der Waals surface area contributed by atoms with Crippen LogP contribution in [0.25, 0.3) is 27.9 Å². The van der Waals surface area contributed by atoms with Crippen LogP contribution in [-0.4, -0.2) is 4.57 Å². The smallest absolute Gasteiger partial charge is 0.0494 e. The zero-order valence-corrected chi connectivity index (χ0v) is 11.4. The third-order valence-electron chi connectivity index (χ3n) is 3.71. The quantitative estimate of drug-likeness (QED) is 0.571. The van der Waals surface area contributed by atoms with Crippen molar-refractivity contribution in [2.24, 2.45) is 7.05 Å². The fourth-order valence-corrected chi connectivity index (χ4v) is 2.68. The van der Waals surface area contributed by atoms with Crippen molar-refractivity contribution in [3.63, 3.8) is 0 Å². The molecule has 1 heterocycles. The van der Waals surface area contributed by atoms with Gasteiger partial charge in [0.25, 0.3) is 0 Å². The van der Waals surface area contributed by atoms with Gasteiger partial charge < -0.3 is 4.57 Å². The molecule has 0 spiro atoms. The summed E-state index contributed by atoms with van der Waals surface area (Å²) < 4.78 is 2.26. The molecule has 0 saturated carbocycles. The van der Waals surface area contributed by atoms with Crippen molar-refractivity contribution >= 4 is 27.9 Å². The van der Waals surface area contributed by atoms with Gasteiger partial charge in [-0.2, -0.15) is 0 Å². The van der Waals surface area contributed by atoms with E-state index in [1.165, 1.54) is 32.9 Å². The molecule has 1 heteroatoms. The summed E-state index contributed by atoms with van der Waals surface area (Å²) in [6, 6.07) is 13.1. The second kappa shape index (κ2) is 4.43. The molecule has 0 aliphatic heterocycles. The molecule has 2 aromatic carbocycles. The van der Waals surface area contributed by atoms with E-state index < -0.39 is 0 Å². The average molecular weight is 247 g/mol. The lowest BCUT2D eigenvalue weighted by atomic mass is 10.0. The van der Waals surface area contributed by atoms with E-state index in [1.54, 1.807) is 0 Å². The first-order chi connectivity index (χ1) is 9.22. The Labute approximate surface area is 113 Å². The average Bonchev–Trinajstić information content (AvgIpc) is 2.70. The van der Waals surface area contributed by atoms with E-state index in [0.717, 1.165) is 0 Å². The number of fused-ring (bicyclic) bond motifs is 3. The number of benzene rings is 2. The first-order valence-electron chi connectivity index (χ1n) is 6.49. The van der Waals surface area contributed by atoms with Gasteiger partial charge in [0.15, 0.2) is 0 Å². The van der Waals surface area contributed by atoms with Crippen LogP contribution in [0.4, 0.5) is 0 Å². The Bertz CT molecular complexity index is 803. The lowest BCUT2D eigenvalue weighted by Gasteiger charge is -2.03. The molecule has 19 heavy (non-hydrogen) atoms. The van der Waals surface area contributed by atoms with E-state index >= 15 is 0 Å². The van der Waals surface area contributed by atoms with Gasteiger partial charge in [-0.15, -0.1) is 0 Å². The Kier molecular flexibility index (Phi) is 2.75. The van der Waals surface area contributed by atoms with Crippen LogP contribution in [0.1, 0.15) is 11.1 Å². The normalized spacial score (nSPS) is 11.7. The lowest BCUT2D eigenvalue weighted by molar-refractivity contribution is 1.01. The molecule has 0 fully saturated rings. The number of aryl methyl sites for hydroxylation is 2. The summed E-state index contributed by atoms with van der Waals surface area (Å²) >= 11 is 0. The van der Waals surface area contributed by atoms with Crippen molar-refractivity contribution in [3.8, 4) is 0 Å². The van der Waals surface area contributed by atoms with Crippen molar-refractivity contribution in [3.05, 3.63) is 66.3 Å². The SMILES string of the molecule is C=C/C=C\c1cc2c(cc1C)c1ccccc1n2C. The first kappa shape index (κ1) is 11.8. The molecule has 0 aliphatic carbocycles. The van der Waals surface area contributed by atoms with Gasteiger partial charge in [-0.25, -0.2) is 0 Å². The summed E-state index contributed by atoms with van der Waals surface area (Å²) in [5, 5.41) is 2.65. The van der Waals surface area contributed by atoms with Crippen LogP contribution < -0.4 is 0 Å². The highest BCUT2D eigenvalue weighted by Crippen LogP contribution is 2.30. The molecule has 0 radical (unpaired) electrons. The minimum atomic E-state index is 1.25. The summed E-state index contributed by atoms with van der Waals surface area (Å²) in [6.07, 6.45) is 5.90. The van der Waals surface area contributed by atoms with E-state index in [4.69, 9.17) is 0 Å². The molecule has 1 aromatic heterocycles. The Hall–Kier alpha value is -2.28. The molecular formula is C18H17N. The van der Waals surface area contributed by atoms with Crippen molar-refractivity contribution in [1.29, 1.82) is 0 Å². The molecule has 3 rings (SSSR count). The predicted molar refractivity (Wildman–Crippen MR) is 84.4 cm³/mol. The molecule has 0 bridgehead atoms. The van der Waals surface area contributed by atoms with Gasteiger partial charge in [0, 0.05) is 28.9 Å². The molecule has 0 atom stereocenters. The number of rotatable bonds is 2. The molecule has 0 aliphatic rings. The maximum Gasteiger partial charge on any atom is 0.0494 e. The van der Waals surface area contributed by atoms with E-state index in [1.807, 2.05) is 12.2 Å². The molecular weight excluding hydrogens is 230 g/mol. The topological polar surface area (TPSA) is 4.93 Å². The lowest BCUT2D eigenvalue weighted by Crippen LogP contribution is -1.88. The molecule has 0 amide bonds. The Morgan fingerprint density at radius 2 is 1.84 bits per heavy atom. The molecule has 1 nitrogen and oxygen atoms in total. The van der Waals surface area contributed by atoms with Gasteiger partial charge in [-0.1, -0.05) is 43.0 Å². The monoisotopic (exact) mass is 247 g/mol. The number of hydrogen-bond acceptors (Lipinski definition) is 0. The van der Waals surface area contributed by atoms with Crippen LogP contribution in [-0.2, 0) is 7.05 Å². The summed E-state index contributed by atoms with van der Waals surface area (Å²) in [4.78, 5) is 0. The number of aromatic nitrogens is 1. The van der Waals surface area contributed by atoms with Crippen LogP contribution in [0.15, 0.2) is 55.1 Å². The van der Waals surface area contributed by atoms with E-state index in [-0.39, 0.29) is 0 Å². The standard InChI is InChI=1S/C18H17N/c1-4-5-8-14-12-18-16(11-13(14)2)15-9-6-7-10-17(15)19(18)3/h4-12H,1H2,2-3H3/b8-5-. The van der Waals surface area contributed by atoms with Crippen LogP contribution in [0.2, 0.25) is 0 Å². The molecule has 94 valence electrons. The highest BCUT2D eigenvalue weighted by Gasteiger charge is 2.09. The Morgan fingerprint density at radius 1 is 1.05 bits per heavy atom. The molecule has 0 unspecified atom stereocenters. The van der Waals surface area contributed by atoms with Gasteiger partial charge in [0.2, 0.25) is 0 Å². The molecule has 0 N–H and O–H groups in total. The number of para-hydroxylation sites is 1. The first-order valence-corrected chi connectivity index (χ1v) is 6.49. The number of nitrogens with zero attached hydrogens (tertiary/aromatic N) is 1. The van der Waals surface area contributed by atoms with Crippen molar-refractivity contribution in [2.45, 2.75) is 6.92 Å². The predicted octanol–water partition coefficient (Wildman–Crippen LogP) is 4.84. The minimum Gasteiger partial charge on any atom is -0.344 e. The van der Waals surface area contributed by atoms with Gasteiger partial charge in [0.05, 0.1) is 0 Å². The third-order valence-corrected chi connectivity index (χ3v) is 3.71. The van der Waals surface area contributed by atoms with E-state index in [0.29, 0.717) is 0 Å². The van der Waals surface area contributed by atoms with Gasteiger partial charge >= 0.3 is 0 Å². The van der Waals surface area contributed by atoms with E-state index in [2.05, 4.69) is 67.6 Å². The van der Waals surface area contributed by atoms with Gasteiger partial charge in [-0.3, -0.25) is 0 Å². The zero-order valence-electron chi connectivity index (χ0n) is 11.4. The second-order valence-corrected chi connectivity index (χ2v) is 4.90. The Balaban J connectivity index is 2.40. The minimum absolute atomic E-state index is 1.25. The Morgan fingerprint density at radius 3 is 2.63 bits per heavy atom. The van der Waals surface area contributed by atoms with Crippen molar-refractivity contribution < 1.29 is 0 Å². The van der Waals surface area contributed by atoms with Crippen LogP contribution >= 0.6 is 0 Å². The largest absolute Gasteiger partial charge is 0.344 e. The van der Waals surface area contributed by atoms with E-state index in [9.17, 15) is 0 Å². The highest BCUT2D eigenvalue weighted by atomic mass is 14.9. The van der Waals surface area contributed by atoms with Crippen LogP contribution in [0.3, 0.4) is 0 Å². The maximum absolute atomic E-state index is 3.73. The molecule has 3 aromatic rings. The maximum atomic E-state index is 3.73. The van der Waals surface area contributed by atoms with Gasteiger partial charge in [-0.05, 0) is 36.2 Å². The number of allylic oxidation sites excluding steroid dienone is 2. The molecule has 0 saturated heterocycles. The third kappa shape index (κ3) is 1.78. The van der Waals surface area contributed by atoms with Gasteiger partial charge in [0.1, 0.15) is 0 Å². The zero-order chi connectivity index (χ0) is 13.4. The summed E-state index contributed by atoms with van der Waals surface area (Å²) in [5.41, 5.74) is 5.09. The summed E-state index contributed by atoms with van der Waals surface area (Å²) in [7, 11) is 2.13.